The highest BCUT2D eigenvalue weighted by Gasteiger charge is 2.47. The average Bonchev–Trinajstić information content (AvgIpc) is 2.75. The molecule has 1 fully saturated rings. The van der Waals surface area contributed by atoms with Crippen molar-refractivity contribution in [1.29, 1.82) is 0 Å². The lowest BCUT2D eigenvalue weighted by molar-refractivity contribution is -0.196. The Morgan fingerprint density at radius 2 is 1.86 bits per heavy atom. The molecule has 13 heteroatoms. The molecule has 190 valence electrons. The lowest BCUT2D eigenvalue weighted by Crippen LogP contribution is -2.54. The van der Waals surface area contributed by atoms with Crippen LogP contribution in [0.1, 0.15) is 32.4 Å². The molecule has 0 saturated carbocycles. The van der Waals surface area contributed by atoms with Crippen molar-refractivity contribution in [1.82, 2.24) is 19.8 Å². The summed E-state index contributed by atoms with van der Waals surface area (Å²) in [5, 5.41) is 2.44. The highest BCUT2D eigenvalue weighted by Crippen LogP contribution is 2.31. The number of nitrogen functional groups attached to an aromatic ring is 1. The van der Waals surface area contributed by atoms with Gasteiger partial charge in [-0.3, -0.25) is 9.36 Å². The van der Waals surface area contributed by atoms with Gasteiger partial charge in [-0.25, -0.2) is 9.59 Å². The normalized spacial score (nSPS) is 18.7. The maximum Gasteiger partial charge on any atom is 0.471 e. The monoisotopic (exact) mass is 497 g/mol. The molecule has 2 heterocycles. The molecule has 2 atom stereocenters. The molecule has 0 radical (unpaired) electrons. The number of carbonyl (C=O) groups is 2. The van der Waals surface area contributed by atoms with Gasteiger partial charge in [-0.15, -0.1) is 0 Å². The van der Waals surface area contributed by atoms with E-state index in [1.54, 1.807) is 20.8 Å². The molecule has 1 aromatic heterocycles. The van der Waals surface area contributed by atoms with E-state index in [-0.39, 0.29) is 19.0 Å². The second-order valence-corrected chi connectivity index (χ2v) is 8.91. The summed E-state index contributed by atoms with van der Waals surface area (Å²) in [4.78, 5) is 40.4. The number of ether oxygens (including phenoxy) is 2. The first kappa shape index (κ1) is 26.0. The van der Waals surface area contributed by atoms with Gasteiger partial charge in [0.2, 0.25) is 0 Å². The van der Waals surface area contributed by atoms with Gasteiger partial charge in [-0.1, -0.05) is 12.1 Å². The van der Waals surface area contributed by atoms with Crippen LogP contribution in [-0.4, -0.2) is 64.0 Å². The van der Waals surface area contributed by atoms with Crippen LogP contribution in [0.15, 0.2) is 41.3 Å². The van der Waals surface area contributed by atoms with Gasteiger partial charge in [-0.05, 0) is 44.5 Å². The number of aromatic nitrogens is 2. The Morgan fingerprint density at radius 1 is 1.20 bits per heavy atom. The lowest BCUT2D eigenvalue weighted by Gasteiger charge is -2.40. The second kappa shape index (κ2) is 9.94. The van der Waals surface area contributed by atoms with Gasteiger partial charge in [0.1, 0.15) is 11.4 Å². The van der Waals surface area contributed by atoms with Gasteiger partial charge in [0.25, 0.3) is 0 Å². The summed E-state index contributed by atoms with van der Waals surface area (Å²) in [7, 11) is 0. The van der Waals surface area contributed by atoms with E-state index in [1.807, 2.05) is 0 Å². The zero-order valence-corrected chi connectivity index (χ0v) is 19.3. The molecule has 3 rings (SSSR count). The predicted molar refractivity (Wildman–Crippen MR) is 119 cm³/mol. The Morgan fingerprint density at radius 3 is 2.43 bits per heavy atom. The van der Waals surface area contributed by atoms with Crippen LogP contribution >= 0.6 is 0 Å². The fraction of sp³-hybridized carbons (Fsp3) is 0.455. The summed E-state index contributed by atoms with van der Waals surface area (Å²) in [6.45, 7) is 4.23. The number of nitrogens with one attached hydrogen (secondary N) is 1. The molecule has 35 heavy (non-hydrogen) atoms. The van der Waals surface area contributed by atoms with Crippen molar-refractivity contribution >= 4 is 17.8 Å². The number of rotatable bonds is 4. The number of hydrogen-bond acceptors (Lipinski definition) is 7. The number of nitrogens with zero attached hydrogens (tertiary/aromatic N) is 3. The molecule has 2 amide bonds. The number of carbonyl (C=O) groups excluding carboxylic acids is 2. The Labute approximate surface area is 198 Å². The number of amides is 2. The predicted octanol–water partition coefficient (Wildman–Crippen LogP) is 2.17. The maximum atomic E-state index is 13.3. The van der Waals surface area contributed by atoms with Gasteiger partial charge in [0.15, 0.2) is 0 Å². The molecule has 1 aliphatic heterocycles. The first-order chi connectivity index (χ1) is 16.2. The molecule has 0 spiro atoms. The number of halogens is 3. The molecular formula is C22H26F3N5O5. The standard InChI is InChI=1S/C22H26F3N5O5/c1-21(2,3)35-20(33)27-10-15-11-30(18(31)22(23,24)25)16(12-34-15)13-4-6-14(7-5-13)29-9-8-17(26)28-19(29)32/h4-9,15-16H,10-12H2,1-3H3,(H,27,33)(H2,26,28,32)/t15-,16?/m0/s1. The Balaban J connectivity index is 1.77. The third-order valence-electron chi connectivity index (χ3n) is 5.02. The van der Waals surface area contributed by atoms with E-state index in [0.29, 0.717) is 16.2 Å². The molecule has 3 N–H and O–H groups in total. The first-order valence-electron chi connectivity index (χ1n) is 10.7. The Hall–Kier alpha value is -3.61. The number of benzene rings is 1. The van der Waals surface area contributed by atoms with E-state index < -0.39 is 48.2 Å². The van der Waals surface area contributed by atoms with E-state index in [4.69, 9.17) is 15.2 Å². The second-order valence-electron chi connectivity index (χ2n) is 8.91. The fourth-order valence-electron chi connectivity index (χ4n) is 3.48. The van der Waals surface area contributed by atoms with Crippen LogP contribution in [0.3, 0.4) is 0 Å². The topological polar surface area (TPSA) is 129 Å². The number of alkyl carbamates (subject to hydrolysis) is 1. The van der Waals surface area contributed by atoms with Crippen molar-refractivity contribution in [2.45, 2.75) is 44.7 Å². The minimum Gasteiger partial charge on any atom is -0.444 e. The van der Waals surface area contributed by atoms with E-state index in [1.165, 1.54) is 41.1 Å². The van der Waals surface area contributed by atoms with Crippen molar-refractivity contribution in [3.63, 3.8) is 0 Å². The largest absolute Gasteiger partial charge is 0.471 e. The lowest BCUT2D eigenvalue weighted by atomic mass is 10.0. The summed E-state index contributed by atoms with van der Waals surface area (Å²) >= 11 is 0. The maximum absolute atomic E-state index is 13.3. The van der Waals surface area contributed by atoms with E-state index in [9.17, 15) is 27.6 Å². The highest BCUT2D eigenvalue weighted by molar-refractivity contribution is 5.82. The zero-order chi connectivity index (χ0) is 26.0. The number of hydrogen-bond donors (Lipinski definition) is 2. The average molecular weight is 497 g/mol. The van der Waals surface area contributed by atoms with Gasteiger partial charge in [0, 0.05) is 19.3 Å². The van der Waals surface area contributed by atoms with Crippen LogP contribution in [0, 0.1) is 0 Å². The molecule has 0 bridgehead atoms. The minimum absolute atomic E-state index is 0.0549. The quantitative estimate of drug-likeness (QED) is 0.662. The van der Waals surface area contributed by atoms with Crippen molar-refractivity contribution in [3.05, 3.63) is 52.6 Å². The van der Waals surface area contributed by atoms with Crippen LogP contribution in [0.25, 0.3) is 5.69 Å². The van der Waals surface area contributed by atoms with Gasteiger partial charge < -0.3 is 25.4 Å². The number of nitrogens with two attached hydrogens (primary N) is 1. The third kappa shape index (κ3) is 6.72. The molecule has 1 aliphatic rings. The molecule has 10 nitrogen and oxygen atoms in total. The highest BCUT2D eigenvalue weighted by atomic mass is 19.4. The first-order valence-corrected chi connectivity index (χ1v) is 10.7. The van der Waals surface area contributed by atoms with Crippen molar-refractivity contribution in [3.8, 4) is 5.69 Å². The van der Waals surface area contributed by atoms with Crippen LogP contribution in [0.2, 0.25) is 0 Å². The van der Waals surface area contributed by atoms with Gasteiger partial charge in [-0.2, -0.15) is 18.2 Å². The zero-order valence-electron chi connectivity index (χ0n) is 19.3. The molecule has 1 unspecified atom stereocenters. The van der Waals surface area contributed by atoms with Crippen molar-refractivity contribution < 1.29 is 32.2 Å². The fourth-order valence-corrected chi connectivity index (χ4v) is 3.48. The van der Waals surface area contributed by atoms with Crippen LogP contribution in [0.5, 0.6) is 0 Å². The van der Waals surface area contributed by atoms with Gasteiger partial charge >= 0.3 is 23.9 Å². The smallest absolute Gasteiger partial charge is 0.444 e. The number of alkyl halides is 3. The summed E-state index contributed by atoms with van der Waals surface area (Å²) in [5.41, 5.74) is 4.91. The number of anilines is 1. The Kier molecular flexibility index (Phi) is 7.38. The van der Waals surface area contributed by atoms with E-state index in [0.717, 1.165) is 0 Å². The summed E-state index contributed by atoms with van der Waals surface area (Å²) < 4.78 is 52.0. The van der Waals surface area contributed by atoms with Crippen LogP contribution in [0.4, 0.5) is 23.8 Å². The number of morpholine rings is 1. The van der Waals surface area contributed by atoms with Crippen LogP contribution in [-0.2, 0) is 14.3 Å². The molecule has 1 aromatic carbocycles. The minimum atomic E-state index is -5.10. The summed E-state index contributed by atoms with van der Waals surface area (Å²) in [6, 6.07) is 6.43. The SMILES string of the molecule is CC(C)(C)OC(=O)NC[C@H]1CN(C(=O)C(F)(F)F)C(c2ccc(-n3ccc(N)nc3=O)cc2)CO1. The molecule has 0 aliphatic carbocycles. The molecule has 1 saturated heterocycles. The van der Waals surface area contributed by atoms with E-state index >= 15 is 0 Å². The summed E-state index contributed by atoms with van der Waals surface area (Å²) in [6.07, 6.45) is -5.30. The van der Waals surface area contributed by atoms with Crippen molar-refractivity contribution in [2.75, 3.05) is 25.4 Å². The third-order valence-corrected chi connectivity index (χ3v) is 5.02. The van der Waals surface area contributed by atoms with Gasteiger partial charge in [0.05, 0.1) is 24.4 Å². The van der Waals surface area contributed by atoms with E-state index in [2.05, 4.69) is 10.3 Å². The molecule has 2 aromatic rings. The Bertz CT molecular complexity index is 1130. The van der Waals surface area contributed by atoms with Crippen molar-refractivity contribution in [2.24, 2.45) is 0 Å². The summed E-state index contributed by atoms with van der Waals surface area (Å²) in [5.74, 6) is -1.96. The van der Waals surface area contributed by atoms with Crippen LogP contribution < -0.4 is 16.7 Å². The molecular weight excluding hydrogens is 471 g/mol.